The van der Waals surface area contributed by atoms with Gasteiger partial charge in [-0.25, -0.2) is 0 Å². The topological polar surface area (TPSA) is 46.5 Å². The van der Waals surface area contributed by atoms with Gasteiger partial charge in [-0.3, -0.25) is 0 Å². The molecule has 1 rings (SSSR count). The second kappa shape index (κ2) is 3.63. The van der Waals surface area contributed by atoms with Crippen LogP contribution in [0.3, 0.4) is 0 Å². The molecule has 0 spiro atoms. The number of methoxy groups -OCH3 is 1. The molecule has 3 nitrogen and oxygen atoms in total. The van der Waals surface area contributed by atoms with Gasteiger partial charge in [0.15, 0.2) is 0 Å². The molecule has 0 saturated heterocycles. The maximum atomic E-state index is 10.6. The summed E-state index contributed by atoms with van der Waals surface area (Å²) in [4.78, 5) is 10.6. The van der Waals surface area contributed by atoms with Gasteiger partial charge in [0.25, 0.3) is 0 Å². The second-order valence-corrected chi connectivity index (χ2v) is 3.56. The Balaban J connectivity index is 3.17. The van der Waals surface area contributed by atoms with Crippen molar-refractivity contribution in [3.63, 3.8) is 0 Å². The third-order valence-corrected chi connectivity index (χ3v) is 2.55. The molecule has 0 fully saturated rings. The fourth-order valence-corrected chi connectivity index (χ4v) is 1.48. The van der Waals surface area contributed by atoms with Crippen LogP contribution in [-0.4, -0.2) is 35.0 Å². The van der Waals surface area contributed by atoms with Crippen molar-refractivity contribution in [2.24, 2.45) is 0 Å². The van der Waals surface area contributed by atoms with Crippen LogP contribution >= 0.6 is 0 Å². The van der Waals surface area contributed by atoms with Gasteiger partial charge < -0.3 is 0 Å². The molecule has 0 aliphatic heterocycles. The summed E-state index contributed by atoms with van der Waals surface area (Å²) in [6, 6.07) is 5.03. The van der Waals surface area contributed by atoms with E-state index < -0.39 is 5.97 Å². The molecule has 1 aromatic carbocycles. The predicted molar refractivity (Wildman–Crippen MR) is 48.1 cm³/mol. The summed E-state index contributed by atoms with van der Waals surface area (Å²) < 4.78 is 5.71. The van der Waals surface area contributed by atoms with Crippen LogP contribution in [0.4, 0.5) is 0 Å². The summed E-state index contributed by atoms with van der Waals surface area (Å²) in [6.45, 7) is 0. The summed E-state index contributed by atoms with van der Waals surface area (Å²) in [5.41, 5.74) is 0.314. The van der Waals surface area contributed by atoms with E-state index in [1.165, 1.54) is 30.0 Å². The number of carbonyl (C=O) groups is 1. The van der Waals surface area contributed by atoms with Gasteiger partial charge in [-0.1, -0.05) is 0 Å². The van der Waals surface area contributed by atoms with Crippen LogP contribution in [0, 0.1) is 0 Å². The van der Waals surface area contributed by atoms with Gasteiger partial charge in [-0.2, -0.15) is 0 Å². The van der Waals surface area contributed by atoms with Gasteiger partial charge in [0.2, 0.25) is 0 Å². The number of ether oxygens (including phenoxy) is 1. The SMILES string of the molecule is COc1ccc([AsH2])c(C(=O)O)c1. The molecule has 1 aromatic rings. The average molecular weight is 228 g/mol. The Kier molecular flexibility index (Phi) is 2.77. The van der Waals surface area contributed by atoms with Crippen LogP contribution in [0.15, 0.2) is 18.2 Å². The molecule has 0 heterocycles. The van der Waals surface area contributed by atoms with Crippen molar-refractivity contribution < 1.29 is 14.6 Å². The van der Waals surface area contributed by atoms with Crippen molar-refractivity contribution >= 4 is 27.2 Å². The minimum atomic E-state index is -0.909. The van der Waals surface area contributed by atoms with Crippen molar-refractivity contribution in [1.82, 2.24) is 0 Å². The van der Waals surface area contributed by atoms with E-state index >= 15 is 0 Å². The molecule has 0 aliphatic carbocycles. The van der Waals surface area contributed by atoms with E-state index in [1.807, 2.05) is 0 Å². The van der Waals surface area contributed by atoms with Gasteiger partial charge in [-0.15, -0.1) is 0 Å². The Morgan fingerprint density at radius 2 is 2.25 bits per heavy atom. The van der Waals surface area contributed by atoms with Crippen LogP contribution in [-0.2, 0) is 0 Å². The number of carboxylic acid groups (broad SMARTS) is 1. The first-order valence-electron chi connectivity index (χ1n) is 3.32. The molecular formula is C8H9AsO3. The Labute approximate surface area is 78.9 Å². The monoisotopic (exact) mass is 228 g/mol. The summed E-state index contributed by atoms with van der Waals surface area (Å²) in [7, 11) is 1.52. The third-order valence-electron chi connectivity index (χ3n) is 1.49. The first-order chi connectivity index (χ1) is 5.65. The van der Waals surface area contributed by atoms with E-state index in [0.717, 1.165) is 4.35 Å². The Morgan fingerprint density at radius 3 is 2.75 bits per heavy atom. The molecular weight excluding hydrogens is 219 g/mol. The van der Waals surface area contributed by atoms with E-state index in [2.05, 4.69) is 0 Å². The maximum absolute atomic E-state index is 10.6. The molecule has 64 valence electrons. The van der Waals surface area contributed by atoms with Crippen molar-refractivity contribution in [1.29, 1.82) is 0 Å². The Bertz CT molecular complexity index is 309. The molecule has 1 N–H and O–H groups in total. The van der Waals surface area contributed by atoms with Crippen LogP contribution in [0.2, 0.25) is 0 Å². The van der Waals surface area contributed by atoms with E-state index in [0.29, 0.717) is 11.3 Å². The van der Waals surface area contributed by atoms with Crippen LogP contribution in [0.25, 0.3) is 0 Å². The number of rotatable bonds is 2. The summed E-state index contributed by atoms with van der Waals surface area (Å²) in [5.74, 6) is -0.331. The molecule has 12 heavy (non-hydrogen) atoms. The summed E-state index contributed by atoms with van der Waals surface area (Å²) in [5, 5.41) is 8.74. The van der Waals surface area contributed by atoms with E-state index in [1.54, 1.807) is 12.1 Å². The number of carboxylic acids is 1. The molecule has 1 unspecified atom stereocenters. The summed E-state index contributed by atoms with van der Waals surface area (Å²) >= 11 is 1.30. The van der Waals surface area contributed by atoms with Crippen molar-refractivity contribution in [2.45, 2.75) is 0 Å². The molecule has 1 atom stereocenters. The third kappa shape index (κ3) is 1.80. The van der Waals surface area contributed by atoms with Gasteiger partial charge in [0.05, 0.1) is 0 Å². The Hall–Kier alpha value is -0.952. The molecule has 4 heteroatoms. The summed E-state index contributed by atoms with van der Waals surface area (Å²) in [6.07, 6.45) is 0. The minimum absolute atomic E-state index is 0.314. The number of hydrogen-bond donors (Lipinski definition) is 1. The first-order valence-corrected chi connectivity index (χ1v) is 4.53. The first kappa shape index (κ1) is 9.14. The van der Waals surface area contributed by atoms with Crippen molar-refractivity contribution in [3.05, 3.63) is 23.8 Å². The number of hydrogen-bond acceptors (Lipinski definition) is 2. The van der Waals surface area contributed by atoms with Gasteiger partial charge >= 0.3 is 78.4 Å². The molecule has 0 radical (unpaired) electrons. The van der Waals surface area contributed by atoms with E-state index in [-0.39, 0.29) is 0 Å². The quantitative estimate of drug-likeness (QED) is 0.704. The molecule has 0 amide bonds. The number of benzene rings is 1. The molecule has 0 saturated carbocycles. The zero-order valence-corrected chi connectivity index (χ0v) is 9.00. The zero-order valence-electron chi connectivity index (χ0n) is 6.57. The van der Waals surface area contributed by atoms with E-state index in [9.17, 15) is 4.79 Å². The number of aromatic carboxylic acids is 1. The van der Waals surface area contributed by atoms with E-state index in [4.69, 9.17) is 9.84 Å². The molecule has 0 bridgehead atoms. The Morgan fingerprint density at radius 1 is 1.58 bits per heavy atom. The second-order valence-electron chi connectivity index (χ2n) is 2.26. The zero-order chi connectivity index (χ0) is 9.14. The normalized spacial score (nSPS) is 9.50. The fraction of sp³-hybridized carbons (Fsp3) is 0.125. The van der Waals surface area contributed by atoms with Gasteiger partial charge in [-0.05, 0) is 0 Å². The molecule has 0 aliphatic rings. The van der Waals surface area contributed by atoms with Gasteiger partial charge in [0.1, 0.15) is 0 Å². The standard InChI is InChI=1S/C8H9AsO3/c1-12-5-2-3-7(9)6(4-5)8(10)11/h2-4H,9H2,1H3,(H,10,11). The van der Waals surface area contributed by atoms with Gasteiger partial charge in [0, 0.05) is 0 Å². The van der Waals surface area contributed by atoms with Crippen LogP contribution < -0.4 is 9.09 Å². The predicted octanol–water partition coefficient (Wildman–Crippen LogP) is -0.348. The molecule has 0 aromatic heterocycles. The van der Waals surface area contributed by atoms with Crippen LogP contribution in [0.5, 0.6) is 5.75 Å². The average Bonchev–Trinajstić information content (AvgIpc) is 2.05. The van der Waals surface area contributed by atoms with Crippen molar-refractivity contribution in [2.75, 3.05) is 7.11 Å². The van der Waals surface area contributed by atoms with Crippen molar-refractivity contribution in [3.8, 4) is 5.75 Å². The van der Waals surface area contributed by atoms with Crippen LogP contribution in [0.1, 0.15) is 10.4 Å². The fourth-order valence-electron chi connectivity index (χ4n) is 0.848.